The molecular weight excluding hydrogens is 262 g/mol. The van der Waals surface area contributed by atoms with Gasteiger partial charge in [-0.2, -0.15) is 0 Å². The molecule has 2 rings (SSSR count). The standard InChI is InChI=1S/C8H5NO3.C6H12O2/c10-7-5-3-1-2-4-6(5)8(11)9(7)12;1-2-3-4-5-6(7)8/h1-4,12H;2-5H2,1H3,(H,7,8). The molecule has 0 saturated heterocycles. The minimum Gasteiger partial charge on any atom is -0.481 e. The normalized spacial score (nSPS) is 12.8. The molecule has 0 bridgehead atoms. The van der Waals surface area contributed by atoms with Gasteiger partial charge >= 0.3 is 5.97 Å². The number of nitrogens with zero attached hydrogens (tertiary/aromatic N) is 1. The summed E-state index contributed by atoms with van der Waals surface area (Å²) in [5.41, 5.74) is 0.509. The minimum atomic E-state index is -0.682. The molecule has 0 saturated carbocycles. The number of carbonyl (C=O) groups is 3. The number of imide groups is 1. The number of fused-ring (bicyclic) bond motifs is 1. The Kier molecular flexibility index (Phi) is 5.86. The second kappa shape index (κ2) is 7.40. The van der Waals surface area contributed by atoms with Gasteiger partial charge in [-0.1, -0.05) is 31.9 Å². The van der Waals surface area contributed by atoms with Crippen LogP contribution in [-0.2, 0) is 4.79 Å². The van der Waals surface area contributed by atoms with Crippen molar-refractivity contribution >= 4 is 17.8 Å². The molecule has 1 aromatic rings. The van der Waals surface area contributed by atoms with E-state index in [1.165, 1.54) is 12.1 Å². The van der Waals surface area contributed by atoms with Crippen LogP contribution in [0.2, 0.25) is 0 Å². The highest BCUT2D eigenvalue weighted by Gasteiger charge is 2.33. The molecule has 0 fully saturated rings. The lowest BCUT2D eigenvalue weighted by molar-refractivity contribution is -0.137. The molecule has 6 heteroatoms. The molecule has 1 aromatic carbocycles. The summed E-state index contributed by atoms with van der Waals surface area (Å²) in [6.07, 6.45) is 3.28. The van der Waals surface area contributed by atoms with Gasteiger partial charge in [0, 0.05) is 6.42 Å². The van der Waals surface area contributed by atoms with E-state index >= 15 is 0 Å². The molecule has 0 atom stereocenters. The number of unbranched alkanes of at least 4 members (excludes halogenated alkanes) is 2. The van der Waals surface area contributed by atoms with Gasteiger partial charge in [-0.15, -0.1) is 5.06 Å². The minimum absolute atomic E-state index is 0.130. The van der Waals surface area contributed by atoms with Crippen LogP contribution < -0.4 is 0 Å². The lowest BCUT2D eigenvalue weighted by Crippen LogP contribution is -2.25. The molecule has 0 aromatic heterocycles. The van der Waals surface area contributed by atoms with Gasteiger partial charge in [-0.3, -0.25) is 19.6 Å². The maximum Gasteiger partial charge on any atom is 0.303 e. The first-order valence-corrected chi connectivity index (χ1v) is 6.37. The summed E-state index contributed by atoms with van der Waals surface area (Å²) in [6, 6.07) is 6.30. The molecule has 0 aliphatic carbocycles. The Morgan fingerprint density at radius 2 is 1.60 bits per heavy atom. The third-order valence-electron chi connectivity index (χ3n) is 2.77. The van der Waals surface area contributed by atoms with Gasteiger partial charge < -0.3 is 5.11 Å². The fourth-order valence-corrected chi connectivity index (χ4v) is 1.70. The van der Waals surface area contributed by atoms with Crippen LogP contribution in [0.3, 0.4) is 0 Å². The second-order valence-corrected chi connectivity index (χ2v) is 4.32. The van der Waals surface area contributed by atoms with Crippen molar-refractivity contribution in [3.8, 4) is 0 Å². The molecule has 1 heterocycles. The lowest BCUT2D eigenvalue weighted by Gasteiger charge is -1.99. The zero-order valence-corrected chi connectivity index (χ0v) is 11.2. The fourth-order valence-electron chi connectivity index (χ4n) is 1.70. The summed E-state index contributed by atoms with van der Waals surface area (Å²) in [6.45, 7) is 2.06. The predicted molar refractivity (Wildman–Crippen MR) is 70.5 cm³/mol. The van der Waals surface area contributed by atoms with Crippen LogP contribution in [0.4, 0.5) is 0 Å². The Bertz CT molecular complexity index is 477. The zero-order chi connectivity index (χ0) is 15.1. The van der Waals surface area contributed by atoms with E-state index in [1.807, 2.05) is 0 Å². The number of hydrogen-bond acceptors (Lipinski definition) is 4. The van der Waals surface area contributed by atoms with Crippen LogP contribution >= 0.6 is 0 Å². The number of benzene rings is 1. The number of carboxylic acid groups (broad SMARTS) is 1. The van der Waals surface area contributed by atoms with E-state index in [2.05, 4.69) is 6.92 Å². The lowest BCUT2D eigenvalue weighted by atomic mass is 10.1. The first-order chi connectivity index (χ1) is 9.49. The topological polar surface area (TPSA) is 94.9 Å². The molecule has 1 aliphatic heterocycles. The molecule has 2 N–H and O–H groups in total. The van der Waals surface area contributed by atoms with Crippen molar-refractivity contribution in [1.29, 1.82) is 0 Å². The van der Waals surface area contributed by atoms with E-state index in [-0.39, 0.29) is 16.2 Å². The average molecular weight is 279 g/mol. The highest BCUT2D eigenvalue weighted by molar-refractivity contribution is 6.20. The molecule has 2 amide bonds. The Hall–Kier alpha value is -2.21. The van der Waals surface area contributed by atoms with E-state index in [4.69, 9.17) is 10.3 Å². The average Bonchev–Trinajstić information content (AvgIpc) is 2.65. The molecule has 108 valence electrons. The SMILES string of the molecule is CCCCCC(=O)O.O=C1c2ccccc2C(=O)N1O. The van der Waals surface area contributed by atoms with Crippen molar-refractivity contribution in [2.24, 2.45) is 0 Å². The second-order valence-electron chi connectivity index (χ2n) is 4.32. The number of aliphatic carboxylic acids is 1. The molecule has 0 unspecified atom stereocenters. The van der Waals surface area contributed by atoms with Crippen molar-refractivity contribution in [3.63, 3.8) is 0 Å². The van der Waals surface area contributed by atoms with Crippen molar-refractivity contribution in [1.82, 2.24) is 5.06 Å². The van der Waals surface area contributed by atoms with E-state index in [0.29, 0.717) is 6.42 Å². The Morgan fingerprint density at radius 3 is 2.00 bits per heavy atom. The van der Waals surface area contributed by atoms with E-state index in [9.17, 15) is 14.4 Å². The first-order valence-electron chi connectivity index (χ1n) is 6.37. The van der Waals surface area contributed by atoms with Crippen LogP contribution in [0.25, 0.3) is 0 Å². The van der Waals surface area contributed by atoms with Crippen molar-refractivity contribution in [2.75, 3.05) is 0 Å². The number of hydrogen-bond donors (Lipinski definition) is 2. The maximum absolute atomic E-state index is 11.1. The summed E-state index contributed by atoms with van der Waals surface area (Å²) in [5, 5.41) is 17.2. The van der Waals surface area contributed by atoms with Crippen LogP contribution in [-0.4, -0.2) is 33.2 Å². The molecular formula is C14H17NO5. The summed E-state index contributed by atoms with van der Waals surface area (Å²) in [7, 11) is 0. The number of hydroxylamine groups is 2. The number of carboxylic acids is 1. The van der Waals surface area contributed by atoms with E-state index in [0.717, 1.165) is 19.3 Å². The summed E-state index contributed by atoms with van der Waals surface area (Å²) in [5.74, 6) is -2.00. The highest BCUT2D eigenvalue weighted by Crippen LogP contribution is 2.19. The van der Waals surface area contributed by atoms with E-state index < -0.39 is 17.8 Å². The molecule has 1 aliphatic rings. The van der Waals surface area contributed by atoms with Gasteiger partial charge in [-0.25, -0.2) is 0 Å². The molecule has 0 radical (unpaired) electrons. The largest absolute Gasteiger partial charge is 0.481 e. The van der Waals surface area contributed by atoms with Crippen LogP contribution in [0.1, 0.15) is 53.3 Å². The zero-order valence-electron chi connectivity index (χ0n) is 11.2. The van der Waals surface area contributed by atoms with E-state index in [1.54, 1.807) is 12.1 Å². The van der Waals surface area contributed by atoms with Crippen LogP contribution in [0.15, 0.2) is 24.3 Å². The number of amides is 2. The van der Waals surface area contributed by atoms with Gasteiger partial charge in [0.05, 0.1) is 11.1 Å². The van der Waals surface area contributed by atoms with Crippen molar-refractivity contribution in [2.45, 2.75) is 32.6 Å². The van der Waals surface area contributed by atoms with Crippen LogP contribution in [0, 0.1) is 0 Å². The summed E-state index contributed by atoms with van der Waals surface area (Å²) in [4.78, 5) is 32.0. The smallest absolute Gasteiger partial charge is 0.303 e. The van der Waals surface area contributed by atoms with Gasteiger partial charge in [0.1, 0.15) is 0 Å². The summed E-state index contributed by atoms with van der Waals surface area (Å²) >= 11 is 0. The van der Waals surface area contributed by atoms with Gasteiger partial charge in [-0.05, 0) is 18.6 Å². The van der Waals surface area contributed by atoms with Crippen molar-refractivity contribution < 1.29 is 24.7 Å². The third kappa shape index (κ3) is 3.89. The molecule has 20 heavy (non-hydrogen) atoms. The van der Waals surface area contributed by atoms with Crippen molar-refractivity contribution in [3.05, 3.63) is 35.4 Å². The quantitative estimate of drug-likeness (QED) is 0.501. The third-order valence-corrected chi connectivity index (χ3v) is 2.77. The summed E-state index contributed by atoms with van der Waals surface area (Å²) < 4.78 is 0. The monoisotopic (exact) mass is 279 g/mol. The number of carbonyl (C=O) groups excluding carboxylic acids is 2. The van der Waals surface area contributed by atoms with Gasteiger partial charge in [0.2, 0.25) is 0 Å². The highest BCUT2D eigenvalue weighted by atomic mass is 16.5. The first kappa shape index (κ1) is 15.8. The van der Waals surface area contributed by atoms with Gasteiger partial charge in [0.15, 0.2) is 0 Å². The van der Waals surface area contributed by atoms with Gasteiger partial charge in [0.25, 0.3) is 11.8 Å². The Balaban J connectivity index is 0.000000221. The Labute approximate surface area is 116 Å². The molecule has 0 spiro atoms. The predicted octanol–water partition coefficient (Wildman–Crippen LogP) is 2.32. The van der Waals surface area contributed by atoms with Crippen LogP contribution in [0.5, 0.6) is 0 Å². The fraction of sp³-hybridized carbons (Fsp3) is 0.357. The maximum atomic E-state index is 11.1. The molecule has 6 nitrogen and oxygen atoms in total. The number of rotatable bonds is 4. The Morgan fingerprint density at radius 1 is 1.10 bits per heavy atom.